The Balaban J connectivity index is 1.62. The summed E-state index contributed by atoms with van der Waals surface area (Å²) in [5, 5.41) is 4.99. The molecular formula is C11H18N2O2. The van der Waals surface area contributed by atoms with Crippen LogP contribution in [0.25, 0.3) is 0 Å². The third-order valence-corrected chi connectivity index (χ3v) is 3.66. The molecule has 2 heterocycles. The van der Waals surface area contributed by atoms with Crippen molar-refractivity contribution in [2.24, 2.45) is 5.92 Å². The summed E-state index contributed by atoms with van der Waals surface area (Å²) in [4.78, 5) is 17.6. The molecule has 15 heavy (non-hydrogen) atoms. The van der Waals surface area contributed by atoms with Gasteiger partial charge in [-0.1, -0.05) is 0 Å². The molecule has 84 valence electrons. The summed E-state index contributed by atoms with van der Waals surface area (Å²) in [5.74, 6) is 0.875. The summed E-state index contributed by atoms with van der Waals surface area (Å²) in [6.45, 7) is 2.01. The number of piperidine rings is 1. The first-order chi connectivity index (χ1) is 7.34. The minimum Gasteiger partial charge on any atom is -0.317 e. The van der Waals surface area contributed by atoms with Crippen LogP contribution < -0.4 is 5.32 Å². The monoisotopic (exact) mass is 210 g/mol. The quantitative estimate of drug-likeness (QED) is 0.728. The molecule has 1 saturated carbocycles. The second kappa shape index (κ2) is 3.76. The van der Waals surface area contributed by atoms with Gasteiger partial charge in [-0.2, -0.15) is 0 Å². The lowest BCUT2D eigenvalue weighted by atomic mass is 10.1. The molecule has 0 aromatic heterocycles. The predicted octanol–water partition coefficient (Wildman–Crippen LogP) is 0.681. The van der Waals surface area contributed by atoms with Crippen molar-refractivity contribution in [1.29, 1.82) is 0 Å². The van der Waals surface area contributed by atoms with Crippen LogP contribution >= 0.6 is 0 Å². The first-order valence-corrected chi connectivity index (χ1v) is 6.04. The molecule has 0 spiro atoms. The van der Waals surface area contributed by atoms with E-state index < -0.39 is 0 Å². The molecule has 1 aliphatic carbocycles. The highest BCUT2D eigenvalue weighted by Crippen LogP contribution is 2.39. The largest absolute Gasteiger partial charge is 0.317 e. The van der Waals surface area contributed by atoms with Crippen molar-refractivity contribution in [3.63, 3.8) is 0 Å². The Kier molecular flexibility index (Phi) is 2.41. The van der Waals surface area contributed by atoms with E-state index in [4.69, 9.17) is 4.84 Å². The van der Waals surface area contributed by atoms with Gasteiger partial charge in [0.25, 0.3) is 0 Å². The molecule has 1 N–H and O–H groups in total. The van der Waals surface area contributed by atoms with E-state index in [1.54, 1.807) is 5.06 Å². The third kappa shape index (κ3) is 1.88. The minimum absolute atomic E-state index is 0.201. The van der Waals surface area contributed by atoms with Crippen LogP contribution in [-0.2, 0) is 9.63 Å². The molecule has 3 rings (SSSR count). The molecule has 0 radical (unpaired) electrons. The zero-order valence-electron chi connectivity index (χ0n) is 8.95. The third-order valence-electron chi connectivity index (χ3n) is 3.66. The van der Waals surface area contributed by atoms with E-state index in [2.05, 4.69) is 5.32 Å². The number of carbonyl (C=O) groups excluding carboxylic acids is 1. The van der Waals surface area contributed by atoms with Crippen LogP contribution in [0.4, 0.5) is 0 Å². The zero-order chi connectivity index (χ0) is 10.3. The van der Waals surface area contributed by atoms with Gasteiger partial charge in [0, 0.05) is 0 Å². The second-order valence-electron chi connectivity index (χ2n) is 4.89. The topological polar surface area (TPSA) is 41.6 Å². The fourth-order valence-electron chi connectivity index (χ4n) is 2.56. The summed E-state index contributed by atoms with van der Waals surface area (Å²) in [6.07, 6.45) is 5.38. The molecule has 2 aliphatic heterocycles. The highest BCUT2D eigenvalue weighted by Gasteiger charge is 2.43. The van der Waals surface area contributed by atoms with Gasteiger partial charge in [-0.25, -0.2) is 5.06 Å². The Bertz CT molecular complexity index is 259. The number of nitrogens with one attached hydrogen (secondary N) is 1. The van der Waals surface area contributed by atoms with Crippen molar-refractivity contribution < 1.29 is 9.63 Å². The van der Waals surface area contributed by atoms with Crippen LogP contribution in [0.1, 0.15) is 32.1 Å². The Morgan fingerprint density at radius 3 is 2.60 bits per heavy atom. The van der Waals surface area contributed by atoms with Gasteiger partial charge < -0.3 is 5.32 Å². The molecule has 0 aromatic rings. The number of carbonyl (C=O) groups is 1. The highest BCUT2D eigenvalue weighted by atomic mass is 16.7. The van der Waals surface area contributed by atoms with Gasteiger partial charge in [0.05, 0.1) is 18.6 Å². The van der Waals surface area contributed by atoms with Crippen LogP contribution in [0.2, 0.25) is 0 Å². The van der Waals surface area contributed by atoms with Gasteiger partial charge in [0.15, 0.2) is 0 Å². The Morgan fingerprint density at radius 1 is 1.20 bits per heavy atom. The van der Waals surface area contributed by atoms with E-state index in [-0.39, 0.29) is 12.0 Å². The van der Waals surface area contributed by atoms with E-state index >= 15 is 0 Å². The van der Waals surface area contributed by atoms with E-state index in [9.17, 15) is 4.79 Å². The molecule has 4 heteroatoms. The Morgan fingerprint density at radius 2 is 1.93 bits per heavy atom. The molecule has 2 saturated heterocycles. The van der Waals surface area contributed by atoms with E-state index in [0.29, 0.717) is 18.4 Å². The SMILES string of the molecule is O=C1CC(C2CC2)ON1C1CCNCC1. The number of rotatable bonds is 2. The lowest BCUT2D eigenvalue weighted by molar-refractivity contribution is -0.193. The maximum absolute atomic E-state index is 11.8. The molecule has 0 bridgehead atoms. The number of hydrogen-bond acceptors (Lipinski definition) is 3. The van der Waals surface area contributed by atoms with Crippen LogP contribution in [-0.4, -0.2) is 36.2 Å². The van der Waals surface area contributed by atoms with Crippen molar-refractivity contribution in [3.8, 4) is 0 Å². The fraction of sp³-hybridized carbons (Fsp3) is 0.909. The van der Waals surface area contributed by atoms with Gasteiger partial charge in [-0.05, 0) is 44.7 Å². The smallest absolute Gasteiger partial charge is 0.249 e. The molecule has 1 unspecified atom stereocenters. The van der Waals surface area contributed by atoms with Crippen molar-refractivity contribution in [2.75, 3.05) is 13.1 Å². The lowest BCUT2D eigenvalue weighted by Crippen LogP contribution is -2.43. The van der Waals surface area contributed by atoms with Crippen LogP contribution in [0.3, 0.4) is 0 Å². The number of hydrogen-bond donors (Lipinski definition) is 1. The van der Waals surface area contributed by atoms with E-state index in [1.807, 2.05) is 0 Å². The van der Waals surface area contributed by atoms with Crippen LogP contribution in [0.15, 0.2) is 0 Å². The standard InChI is InChI=1S/C11H18N2O2/c14-11-7-10(8-1-2-8)15-13(11)9-3-5-12-6-4-9/h8-10,12H,1-7H2. The summed E-state index contributed by atoms with van der Waals surface area (Å²) in [5.41, 5.74) is 0. The molecule has 3 aliphatic rings. The Labute approximate surface area is 89.9 Å². The van der Waals surface area contributed by atoms with Crippen molar-refractivity contribution in [1.82, 2.24) is 10.4 Å². The summed E-state index contributed by atoms with van der Waals surface area (Å²) in [7, 11) is 0. The average Bonchev–Trinajstić information content (AvgIpc) is 3.04. The molecular weight excluding hydrogens is 192 g/mol. The van der Waals surface area contributed by atoms with Crippen molar-refractivity contribution >= 4 is 5.91 Å². The minimum atomic E-state index is 0.201. The van der Waals surface area contributed by atoms with Gasteiger partial charge in [-0.15, -0.1) is 0 Å². The van der Waals surface area contributed by atoms with E-state index in [1.165, 1.54) is 12.8 Å². The summed E-state index contributed by atoms with van der Waals surface area (Å²) < 4.78 is 0. The second-order valence-corrected chi connectivity index (χ2v) is 4.89. The van der Waals surface area contributed by atoms with Gasteiger partial charge in [0.2, 0.25) is 5.91 Å². The normalized spacial score (nSPS) is 33.7. The molecule has 1 atom stereocenters. The summed E-state index contributed by atoms with van der Waals surface area (Å²) >= 11 is 0. The number of hydroxylamine groups is 2. The predicted molar refractivity (Wildman–Crippen MR) is 55.0 cm³/mol. The van der Waals surface area contributed by atoms with Gasteiger partial charge in [0.1, 0.15) is 0 Å². The molecule has 0 aromatic carbocycles. The lowest BCUT2D eigenvalue weighted by Gasteiger charge is -2.30. The maximum Gasteiger partial charge on any atom is 0.249 e. The highest BCUT2D eigenvalue weighted by molar-refractivity contribution is 5.77. The number of nitrogens with zero attached hydrogens (tertiary/aromatic N) is 1. The van der Waals surface area contributed by atoms with Gasteiger partial charge >= 0.3 is 0 Å². The Hall–Kier alpha value is -0.610. The molecule has 1 amide bonds. The zero-order valence-corrected chi connectivity index (χ0v) is 8.95. The fourth-order valence-corrected chi connectivity index (χ4v) is 2.56. The van der Waals surface area contributed by atoms with Crippen molar-refractivity contribution in [3.05, 3.63) is 0 Å². The van der Waals surface area contributed by atoms with Crippen molar-refractivity contribution in [2.45, 2.75) is 44.2 Å². The molecule has 3 fully saturated rings. The average molecular weight is 210 g/mol. The maximum atomic E-state index is 11.8. The van der Waals surface area contributed by atoms with Crippen LogP contribution in [0, 0.1) is 5.92 Å². The summed E-state index contributed by atoms with van der Waals surface area (Å²) in [6, 6.07) is 0.322. The first kappa shape index (κ1) is 9.60. The van der Waals surface area contributed by atoms with Gasteiger partial charge in [-0.3, -0.25) is 9.63 Å². The first-order valence-electron chi connectivity index (χ1n) is 6.04. The van der Waals surface area contributed by atoms with Crippen LogP contribution in [0.5, 0.6) is 0 Å². The molecule has 4 nitrogen and oxygen atoms in total. The number of amides is 1. The van der Waals surface area contributed by atoms with E-state index in [0.717, 1.165) is 25.9 Å².